The molecule has 28 heavy (non-hydrogen) atoms. The molecule has 1 N–H and O–H groups in total. The van der Waals surface area contributed by atoms with Crippen LogP contribution in [0, 0.1) is 17.8 Å². The lowest BCUT2D eigenvalue weighted by atomic mass is 9.48. The Bertz CT molecular complexity index is 994. The highest BCUT2D eigenvalue weighted by Gasteiger charge is 2.66. The van der Waals surface area contributed by atoms with Gasteiger partial charge in [0, 0.05) is 17.3 Å². The predicted molar refractivity (Wildman–Crippen MR) is 103 cm³/mol. The molecular formula is C23H22N2O3. The van der Waals surface area contributed by atoms with E-state index >= 15 is 0 Å². The number of nitrogens with zero attached hydrogens (tertiary/aromatic N) is 1. The van der Waals surface area contributed by atoms with Gasteiger partial charge in [-0.05, 0) is 22.3 Å². The molecule has 0 radical (unpaired) electrons. The van der Waals surface area contributed by atoms with Crippen molar-refractivity contribution >= 4 is 17.7 Å². The molecule has 2 aromatic rings. The summed E-state index contributed by atoms with van der Waals surface area (Å²) in [7, 11) is 0. The van der Waals surface area contributed by atoms with Crippen LogP contribution < -0.4 is 5.43 Å². The van der Waals surface area contributed by atoms with Gasteiger partial charge in [-0.1, -0.05) is 69.3 Å². The van der Waals surface area contributed by atoms with Crippen molar-refractivity contribution in [3.63, 3.8) is 0 Å². The van der Waals surface area contributed by atoms with Crippen molar-refractivity contribution in [2.45, 2.75) is 32.1 Å². The first-order chi connectivity index (χ1) is 13.4. The van der Waals surface area contributed by atoms with E-state index in [1.807, 2.05) is 24.3 Å². The third-order valence-electron chi connectivity index (χ3n) is 6.79. The molecule has 2 atom stereocenters. The molecule has 4 aliphatic rings. The normalized spacial score (nSPS) is 29.6. The lowest BCUT2D eigenvalue weighted by molar-refractivity contribution is -0.150. The van der Waals surface area contributed by atoms with E-state index in [-0.39, 0.29) is 29.6 Å². The fourth-order valence-corrected chi connectivity index (χ4v) is 5.50. The maximum Gasteiger partial charge on any atom is 0.253 e. The van der Waals surface area contributed by atoms with E-state index in [1.54, 1.807) is 13.8 Å². The first-order valence-corrected chi connectivity index (χ1v) is 9.74. The zero-order valence-corrected chi connectivity index (χ0v) is 16.1. The van der Waals surface area contributed by atoms with Gasteiger partial charge in [0.2, 0.25) is 5.91 Å². The maximum absolute atomic E-state index is 13.4. The second-order valence-electron chi connectivity index (χ2n) is 8.50. The molecule has 2 bridgehead atoms. The minimum absolute atomic E-state index is 0.170. The van der Waals surface area contributed by atoms with Crippen LogP contribution in [0.15, 0.2) is 48.5 Å². The number of hydrogen-bond donors (Lipinski definition) is 1. The Hall–Kier alpha value is -2.95. The number of carbonyl (C=O) groups is 3. The van der Waals surface area contributed by atoms with Gasteiger partial charge in [0.1, 0.15) is 0 Å². The molecular weight excluding hydrogens is 352 g/mol. The first-order valence-electron chi connectivity index (χ1n) is 9.74. The van der Waals surface area contributed by atoms with Crippen LogP contribution in [0.2, 0.25) is 0 Å². The lowest BCUT2D eigenvalue weighted by Gasteiger charge is -2.52. The summed E-state index contributed by atoms with van der Waals surface area (Å²) in [6.45, 7) is 5.55. The van der Waals surface area contributed by atoms with Crippen molar-refractivity contribution in [1.29, 1.82) is 0 Å². The van der Waals surface area contributed by atoms with E-state index in [0.29, 0.717) is 0 Å². The van der Waals surface area contributed by atoms with Crippen LogP contribution in [0.5, 0.6) is 0 Å². The smallest absolute Gasteiger partial charge is 0.253 e. The summed E-state index contributed by atoms with van der Waals surface area (Å²) in [4.78, 5) is 39.0. The molecule has 1 heterocycles. The van der Waals surface area contributed by atoms with E-state index in [9.17, 15) is 14.4 Å². The fraction of sp³-hybridized carbons (Fsp3) is 0.348. The van der Waals surface area contributed by atoms with Crippen LogP contribution >= 0.6 is 0 Å². The summed E-state index contributed by atoms with van der Waals surface area (Å²) in [6.07, 6.45) is 0. The second-order valence-corrected chi connectivity index (χ2v) is 8.50. The van der Waals surface area contributed by atoms with Crippen LogP contribution in [0.1, 0.15) is 48.9 Å². The molecule has 1 fully saturated rings. The largest absolute Gasteiger partial charge is 0.273 e. The highest BCUT2D eigenvalue weighted by Crippen LogP contribution is 2.63. The Balaban J connectivity index is 1.71. The van der Waals surface area contributed by atoms with Gasteiger partial charge < -0.3 is 0 Å². The average Bonchev–Trinajstić information content (AvgIpc) is 2.94. The fourth-order valence-electron chi connectivity index (χ4n) is 5.50. The van der Waals surface area contributed by atoms with Crippen molar-refractivity contribution in [3.8, 4) is 0 Å². The van der Waals surface area contributed by atoms with Gasteiger partial charge in [-0.15, -0.1) is 0 Å². The Morgan fingerprint density at radius 1 is 0.964 bits per heavy atom. The molecule has 3 amide bonds. The summed E-state index contributed by atoms with van der Waals surface area (Å²) in [5, 5.41) is 0.987. The number of hydrogen-bond acceptors (Lipinski definition) is 3. The minimum atomic E-state index is -0.601. The Labute approximate surface area is 163 Å². The van der Waals surface area contributed by atoms with Gasteiger partial charge in [-0.25, -0.2) is 0 Å². The highest BCUT2D eigenvalue weighted by molar-refractivity contribution is 6.09. The average molecular weight is 374 g/mol. The van der Waals surface area contributed by atoms with Gasteiger partial charge in [-0.2, -0.15) is 5.01 Å². The van der Waals surface area contributed by atoms with E-state index in [2.05, 4.69) is 36.6 Å². The van der Waals surface area contributed by atoms with Crippen molar-refractivity contribution in [1.82, 2.24) is 10.4 Å². The molecule has 6 rings (SSSR count). The van der Waals surface area contributed by atoms with Crippen molar-refractivity contribution in [3.05, 3.63) is 70.8 Å². The number of nitrogens with one attached hydrogen (secondary N) is 1. The Morgan fingerprint density at radius 2 is 1.50 bits per heavy atom. The topological polar surface area (TPSA) is 66.5 Å². The van der Waals surface area contributed by atoms with Crippen LogP contribution in [-0.4, -0.2) is 22.7 Å². The molecule has 142 valence electrons. The quantitative estimate of drug-likeness (QED) is 0.822. The van der Waals surface area contributed by atoms with Crippen LogP contribution in [-0.2, 0) is 19.8 Å². The number of hydrazine groups is 1. The zero-order valence-electron chi connectivity index (χ0n) is 16.1. The summed E-state index contributed by atoms with van der Waals surface area (Å²) in [6, 6.07) is 16.2. The van der Waals surface area contributed by atoms with Gasteiger partial charge in [0.15, 0.2) is 0 Å². The second kappa shape index (κ2) is 5.53. The van der Waals surface area contributed by atoms with E-state index in [0.717, 1.165) is 27.3 Å². The van der Waals surface area contributed by atoms with E-state index in [1.165, 1.54) is 0 Å². The standard InChI is InChI=1S/C23H22N2O3/c1-12(2)20(26)24-25-21(27)18-17-13-8-4-6-10-15(13)23(3,19(18)22(25)28)16-11-7-5-9-14(16)17/h4-12,17-19H,1-3H3,(H,24,26)/t17?,18-,19+,23?/m1/s1. The highest BCUT2D eigenvalue weighted by atomic mass is 16.2. The molecule has 2 aromatic carbocycles. The van der Waals surface area contributed by atoms with Crippen LogP contribution in [0.25, 0.3) is 0 Å². The number of benzene rings is 2. The van der Waals surface area contributed by atoms with Gasteiger partial charge in [0.25, 0.3) is 11.8 Å². The SMILES string of the molecule is CC(C)C(=O)NN1C(=O)[C@@H]2C3c4ccccc4C(C)(c4ccccc43)[C@@H]2C1=O. The van der Waals surface area contributed by atoms with Crippen molar-refractivity contribution < 1.29 is 14.4 Å². The van der Waals surface area contributed by atoms with Gasteiger partial charge in [0.05, 0.1) is 11.8 Å². The molecule has 0 saturated carbocycles. The molecule has 5 nitrogen and oxygen atoms in total. The minimum Gasteiger partial charge on any atom is -0.273 e. The molecule has 3 aliphatic carbocycles. The molecule has 1 saturated heterocycles. The zero-order chi connectivity index (χ0) is 19.8. The van der Waals surface area contributed by atoms with Gasteiger partial charge in [-0.3, -0.25) is 19.8 Å². The number of amides is 3. The molecule has 0 aromatic heterocycles. The molecule has 0 unspecified atom stereocenters. The molecule has 5 heteroatoms. The van der Waals surface area contributed by atoms with Crippen molar-refractivity contribution in [2.75, 3.05) is 0 Å². The third kappa shape index (κ3) is 1.89. The van der Waals surface area contributed by atoms with E-state index in [4.69, 9.17) is 0 Å². The summed E-state index contributed by atoms with van der Waals surface area (Å²) >= 11 is 0. The summed E-state index contributed by atoms with van der Waals surface area (Å²) in [5.41, 5.74) is 6.42. The van der Waals surface area contributed by atoms with Crippen molar-refractivity contribution in [2.24, 2.45) is 17.8 Å². The monoisotopic (exact) mass is 374 g/mol. The number of imide groups is 1. The summed E-state index contributed by atoms with van der Waals surface area (Å²) < 4.78 is 0. The molecule has 1 aliphatic heterocycles. The lowest BCUT2D eigenvalue weighted by Crippen LogP contribution is -2.52. The van der Waals surface area contributed by atoms with E-state index < -0.39 is 17.3 Å². The van der Waals surface area contributed by atoms with Gasteiger partial charge >= 0.3 is 0 Å². The Morgan fingerprint density at radius 3 is 2.04 bits per heavy atom. The number of rotatable bonds is 2. The van der Waals surface area contributed by atoms with Crippen LogP contribution in [0.4, 0.5) is 0 Å². The third-order valence-corrected chi connectivity index (χ3v) is 6.79. The predicted octanol–water partition coefficient (Wildman–Crippen LogP) is 2.74. The number of carbonyl (C=O) groups excluding carboxylic acids is 3. The Kier molecular flexibility index (Phi) is 3.39. The molecule has 0 spiro atoms. The summed E-state index contributed by atoms with van der Waals surface area (Å²) in [5.74, 6) is -2.42. The first kappa shape index (κ1) is 17.2. The van der Waals surface area contributed by atoms with Crippen LogP contribution in [0.3, 0.4) is 0 Å². The maximum atomic E-state index is 13.4.